The van der Waals surface area contributed by atoms with Gasteiger partial charge in [-0.1, -0.05) is 24.4 Å². The lowest BCUT2D eigenvalue weighted by atomic mass is 9.99. The molecule has 0 N–H and O–H groups in total. The SMILES string of the molecule is CC(C1CCCC1)n1c(CCCl)nc2ccc(Cl)cc21. The van der Waals surface area contributed by atoms with Crippen LogP contribution in [0, 0.1) is 5.92 Å². The molecule has 1 heterocycles. The van der Waals surface area contributed by atoms with E-state index in [0.29, 0.717) is 11.9 Å². The molecule has 1 aliphatic carbocycles. The van der Waals surface area contributed by atoms with Crippen LogP contribution >= 0.6 is 23.2 Å². The molecule has 0 radical (unpaired) electrons. The summed E-state index contributed by atoms with van der Waals surface area (Å²) in [5.41, 5.74) is 2.18. The number of aryl methyl sites for hydroxylation is 1. The van der Waals surface area contributed by atoms with Gasteiger partial charge in [-0.05, 0) is 43.9 Å². The van der Waals surface area contributed by atoms with Crippen molar-refractivity contribution in [1.29, 1.82) is 0 Å². The Morgan fingerprint density at radius 3 is 2.80 bits per heavy atom. The summed E-state index contributed by atoms with van der Waals surface area (Å²) >= 11 is 12.1. The lowest BCUT2D eigenvalue weighted by Gasteiger charge is -2.23. The molecule has 1 aromatic carbocycles. The maximum Gasteiger partial charge on any atom is 0.111 e. The molecule has 3 rings (SSSR count). The fraction of sp³-hybridized carbons (Fsp3) is 0.562. The van der Waals surface area contributed by atoms with Gasteiger partial charge in [-0.25, -0.2) is 4.98 Å². The second-order valence-corrected chi connectivity index (χ2v) is 6.57. The van der Waals surface area contributed by atoms with Crippen molar-refractivity contribution in [1.82, 2.24) is 9.55 Å². The standard InChI is InChI=1S/C16H20Cl2N2/c1-11(12-4-2-3-5-12)20-15-10-13(18)6-7-14(15)19-16(20)8-9-17/h6-7,10-12H,2-5,8-9H2,1H3. The maximum absolute atomic E-state index is 6.17. The number of hydrogen-bond donors (Lipinski definition) is 0. The molecule has 4 heteroatoms. The van der Waals surface area contributed by atoms with Gasteiger partial charge in [0.1, 0.15) is 5.82 Å². The predicted molar refractivity (Wildman–Crippen MR) is 85.8 cm³/mol. The van der Waals surface area contributed by atoms with Crippen molar-refractivity contribution in [2.75, 3.05) is 5.88 Å². The van der Waals surface area contributed by atoms with Crippen LogP contribution in [0.3, 0.4) is 0 Å². The number of fused-ring (bicyclic) bond motifs is 1. The van der Waals surface area contributed by atoms with Gasteiger partial charge in [0.2, 0.25) is 0 Å². The fourth-order valence-electron chi connectivity index (χ4n) is 3.48. The topological polar surface area (TPSA) is 17.8 Å². The lowest BCUT2D eigenvalue weighted by molar-refractivity contribution is 0.360. The molecule has 0 aliphatic heterocycles. The van der Waals surface area contributed by atoms with E-state index in [-0.39, 0.29) is 0 Å². The first-order valence-electron chi connectivity index (χ1n) is 7.43. The molecule has 1 aromatic heterocycles. The third-order valence-corrected chi connectivity index (χ3v) is 4.96. The zero-order chi connectivity index (χ0) is 14.1. The van der Waals surface area contributed by atoms with E-state index in [2.05, 4.69) is 11.5 Å². The van der Waals surface area contributed by atoms with Crippen molar-refractivity contribution < 1.29 is 0 Å². The number of halogens is 2. The number of rotatable bonds is 4. The highest BCUT2D eigenvalue weighted by atomic mass is 35.5. The Morgan fingerprint density at radius 1 is 1.35 bits per heavy atom. The zero-order valence-electron chi connectivity index (χ0n) is 11.8. The van der Waals surface area contributed by atoms with E-state index in [1.807, 2.05) is 18.2 Å². The Kier molecular flexibility index (Phi) is 4.23. The molecule has 0 bridgehead atoms. The van der Waals surface area contributed by atoms with Crippen LogP contribution in [0.2, 0.25) is 5.02 Å². The fourth-order valence-corrected chi connectivity index (χ4v) is 3.82. The van der Waals surface area contributed by atoms with E-state index in [0.717, 1.165) is 34.2 Å². The minimum Gasteiger partial charge on any atom is -0.325 e. The van der Waals surface area contributed by atoms with Gasteiger partial charge in [0, 0.05) is 23.4 Å². The lowest BCUT2D eigenvalue weighted by Crippen LogP contribution is -2.17. The summed E-state index contributed by atoms with van der Waals surface area (Å²) < 4.78 is 2.37. The first-order chi connectivity index (χ1) is 9.70. The summed E-state index contributed by atoms with van der Waals surface area (Å²) in [6.07, 6.45) is 6.16. The second-order valence-electron chi connectivity index (χ2n) is 5.76. The normalized spacial score (nSPS) is 17.9. The van der Waals surface area contributed by atoms with Crippen LogP contribution in [0.1, 0.15) is 44.5 Å². The molecule has 1 fully saturated rings. The Morgan fingerprint density at radius 2 is 2.10 bits per heavy atom. The van der Waals surface area contributed by atoms with E-state index in [4.69, 9.17) is 28.2 Å². The van der Waals surface area contributed by atoms with Gasteiger partial charge in [0.15, 0.2) is 0 Å². The smallest absolute Gasteiger partial charge is 0.111 e. The van der Waals surface area contributed by atoms with Crippen LogP contribution in [-0.2, 0) is 6.42 Å². The van der Waals surface area contributed by atoms with E-state index in [1.54, 1.807) is 0 Å². The molecule has 2 aromatic rings. The van der Waals surface area contributed by atoms with E-state index >= 15 is 0 Å². The van der Waals surface area contributed by atoms with Gasteiger partial charge < -0.3 is 4.57 Å². The van der Waals surface area contributed by atoms with E-state index in [1.165, 1.54) is 25.7 Å². The van der Waals surface area contributed by atoms with Gasteiger partial charge in [0.25, 0.3) is 0 Å². The van der Waals surface area contributed by atoms with Crippen molar-refractivity contribution in [3.05, 3.63) is 29.0 Å². The highest BCUT2D eigenvalue weighted by Gasteiger charge is 2.26. The number of benzene rings is 1. The predicted octanol–water partition coefficient (Wildman–Crippen LogP) is 5.22. The van der Waals surface area contributed by atoms with E-state index < -0.39 is 0 Å². The van der Waals surface area contributed by atoms with Crippen molar-refractivity contribution in [3.63, 3.8) is 0 Å². The molecule has 1 unspecified atom stereocenters. The van der Waals surface area contributed by atoms with Crippen LogP contribution in [0.4, 0.5) is 0 Å². The second kappa shape index (κ2) is 5.95. The first kappa shape index (κ1) is 14.2. The average molecular weight is 311 g/mol. The Hall–Kier alpha value is -0.730. The Balaban J connectivity index is 2.09. The summed E-state index contributed by atoms with van der Waals surface area (Å²) in [7, 11) is 0. The molecule has 2 nitrogen and oxygen atoms in total. The minimum absolute atomic E-state index is 0.471. The van der Waals surface area contributed by atoms with E-state index in [9.17, 15) is 0 Å². The summed E-state index contributed by atoms with van der Waals surface area (Å²) in [6, 6.07) is 6.42. The third-order valence-electron chi connectivity index (χ3n) is 4.53. The van der Waals surface area contributed by atoms with Gasteiger partial charge in [-0.3, -0.25) is 0 Å². The van der Waals surface area contributed by atoms with Crippen LogP contribution in [0.15, 0.2) is 18.2 Å². The molecular weight excluding hydrogens is 291 g/mol. The van der Waals surface area contributed by atoms with Crippen molar-refractivity contribution in [2.45, 2.75) is 45.1 Å². The van der Waals surface area contributed by atoms with Crippen molar-refractivity contribution >= 4 is 34.2 Å². The molecule has 0 saturated heterocycles. The van der Waals surface area contributed by atoms with Crippen LogP contribution < -0.4 is 0 Å². The largest absolute Gasteiger partial charge is 0.325 e. The summed E-state index contributed by atoms with van der Waals surface area (Å²) in [5.74, 6) is 2.45. The van der Waals surface area contributed by atoms with Crippen molar-refractivity contribution in [3.8, 4) is 0 Å². The van der Waals surface area contributed by atoms with Crippen LogP contribution in [-0.4, -0.2) is 15.4 Å². The van der Waals surface area contributed by atoms with Gasteiger partial charge in [-0.2, -0.15) is 0 Å². The molecule has 0 spiro atoms. The highest BCUT2D eigenvalue weighted by Crippen LogP contribution is 2.37. The van der Waals surface area contributed by atoms with Crippen LogP contribution in [0.5, 0.6) is 0 Å². The zero-order valence-corrected chi connectivity index (χ0v) is 13.3. The first-order valence-corrected chi connectivity index (χ1v) is 8.34. The molecule has 1 aliphatic rings. The molecule has 0 amide bonds. The number of alkyl halides is 1. The number of aromatic nitrogens is 2. The molecular formula is C16H20Cl2N2. The monoisotopic (exact) mass is 310 g/mol. The van der Waals surface area contributed by atoms with Crippen LogP contribution in [0.25, 0.3) is 11.0 Å². The summed E-state index contributed by atoms with van der Waals surface area (Å²) in [5, 5.41) is 0.773. The third kappa shape index (κ3) is 2.56. The quantitative estimate of drug-likeness (QED) is 0.708. The Bertz CT molecular complexity index is 600. The summed E-state index contributed by atoms with van der Waals surface area (Å²) in [6.45, 7) is 2.32. The maximum atomic E-state index is 6.17. The van der Waals surface area contributed by atoms with Gasteiger partial charge >= 0.3 is 0 Å². The van der Waals surface area contributed by atoms with Gasteiger partial charge in [0.05, 0.1) is 11.0 Å². The molecule has 1 saturated carbocycles. The molecule has 108 valence electrons. The van der Waals surface area contributed by atoms with Gasteiger partial charge in [-0.15, -0.1) is 11.6 Å². The number of nitrogens with zero attached hydrogens (tertiary/aromatic N) is 2. The average Bonchev–Trinajstić information content (AvgIpc) is 3.05. The highest BCUT2D eigenvalue weighted by molar-refractivity contribution is 6.31. The number of imidazole rings is 1. The Labute approximate surface area is 130 Å². The summed E-state index contributed by atoms with van der Waals surface area (Å²) in [4.78, 5) is 4.76. The molecule has 1 atom stereocenters. The van der Waals surface area contributed by atoms with Crippen molar-refractivity contribution in [2.24, 2.45) is 5.92 Å². The minimum atomic E-state index is 0.471. The molecule has 20 heavy (non-hydrogen) atoms. The number of hydrogen-bond acceptors (Lipinski definition) is 1.